The van der Waals surface area contributed by atoms with Gasteiger partial charge in [-0.3, -0.25) is 9.20 Å². The van der Waals surface area contributed by atoms with Crippen LogP contribution in [0, 0.1) is 5.82 Å². The summed E-state index contributed by atoms with van der Waals surface area (Å²) in [4.78, 5) is 12.3. The lowest BCUT2D eigenvalue weighted by Crippen LogP contribution is -2.23. The number of carbonyl (C=O) groups excluding carboxylic acids is 1. The molecular formula is C27H27FN6O2. The van der Waals surface area contributed by atoms with Crippen LogP contribution >= 0.6 is 0 Å². The van der Waals surface area contributed by atoms with Gasteiger partial charge in [-0.25, -0.2) is 8.91 Å². The molecule has 8 nitrogen and oxygen atoms in total. The fourth-order valence-corrected chi connectivity index (χ4v) is 3.98. The van der Waals surface area contributed by atoms with Crippen molar-refractivity contribution in [2.24, 2.45) is 0 Å². The average molecular weight is 487 g/mol. The molecule has 36 heavy (non-hydrogen) atoms. The van der Waals surface area contributed by atoms with Crippen LogP contribution in [0.4, 0.5) is 4.39 Å². The smallest absolute Gasteiger partial charge is 0.220 e. The van der Waals surface area contributed by atoms with Crippen molar-refractivity contribution in [1.29, 1.82) is 0 Å². The van der Waals surface area contributed by atoms with Gasteiger partial charge < -0.3 is 10.1 Å². The fraction of sp³-hybridized carbons (Fsp3) is 0.259. The molecule has 0 saturated carbocycles. The van der Waals surface area contributed by atoms with Gasteiger partial charge in [-0.1, -0.05) is 31.5 Å². The van der Waals surface area contributed by atoms with Crippen LogP contribution in [0.5, 0.6) is 5.75 Å². The molecule has 0 bridgehead atoms. The Bertz CT molecular complexity index is 1490. The molecule has 0 aliphatic carbocycles. The number of ether oxygens (including phenoxy) is 1. The number of aromatic nitrogens is 5. The monoisotopic (exact) mass is 486 g/mol. The molecule has 1 amide bonds. The molecule has 5 aromatic rings. The van der Waals surface area contributed by atoms with Gasteiger partial charge >= 0.3 is 0 Å². The zero-order valence-corrected chi connectivity index (χ0v) is 20.0. The third-order valence-electron chi connectivity index (χ3n) is 6.01. The molecule has 0 fully saturated rings. The molecule has 1 N–H and O–H groups in total. The second kappa shape index (κ2) is 10.6. The number of nitrogens with zero attached hydrogens (tertiary/aromatic N) is 5. The highest BCUT2D eigenvalue weighted by Gasteiger charge is 2.14. The van der Waals surface area contributed by atoms with Crippen molar-refractivity contribution in [2.75, 3.05) is 6.61 Å². The first-order chi connectivity index (χ1) is 17.6. The Labute approximate surface area is 207 Å². The normalized spacial score (nSPS) is 11.3. The van der Waals surface area contributed by atoms with Crippen LogP contribution < -0.4 is 10.1 Å². The quantitative estimate of drug-likeness (QED) is 0.291. The van der Waals surface area contributed by atoms with Crippen molar-refractivity contribution in [3.05, 3.63) is 84.2 Å². The van der Waals surface area contributed by atoms with Crippen LogP contribution in [0.2, 0.25) is 0 Å². The van der Waals surface area contributed by atoms with Gasteiger partial charge in [-0.15, -0.1) is 10.2 Å². The molecule has 0 unspecified atom stereocenters. The Balaban J connectivity index is 1.27. The number of rotatable bonds is 10. The number of unbranched alkanes of at least 4 members (excludes halogenated alkanes) is 1. The third kappa shape index (κ3) is 5.05. The van der Waals surface area contributed by atoms with E-state index in [9.17, 15) is 9.18 Å². The summed E-state index contributed by atoms with van der Waals surface area (Å²) >= 11 is 0. The molecule has 9 heteroatoms. The third-order valence-corrected chi connectivity index (χ3v) is 6.01. The summed E-state index contributed by atoms with van der Waals surface area (Å²) in [6.45, 7) is 3.00. The summed E-state index contributed by atoms with van der Waals surface area (Å²) < 4.78 is 23.1. The number of aryl methyl sites for hydroxylation is 1. The first-order valence-electron chi connectivity index (χ1n) is 12.1. The maximum Gasteiger partial charge on any atom is 0.220 e. The molecule has 0 aliphatic heterocycles. The van der Waals surface area contributed by atoms with Crippen LogP contribution in [0.1, 0.15) is 37.6 Å². The highest BCUT2D eigenvalue weighted by molar-refractivity contribution is 5.77. The van der Waals surface area contributed by atoms with Crippen LogP contribution in [0.25, 0.3) is 22.4 Å². The van der Waals surface area contributed by atoms with E-state index in [-0.39, 0.29) is 24.7 Å². The van der Waals surface area contributed by atoms with Crippen molar-refractivity contribution >= 4 is 17.1 Å². The summed E-state index contributed by atoms with van der Waals surface area (Å²) in [7, 11) is 0. The van der Waals surface area contributed by atoms with Crippen molar-refractivity contribution in [2.45, 2.75) is 39.2 Å². The van der Waals surface area contributed by atoms with Crippen molar-refractivity contribution in [3.63, 3.8) is 0 Å². The lowest BCUT2D eigenvalue weighted by molar-refractivity contribution is -0.121. The molecule has 2 aromatic carbocycles. The number of carbonyl (C=O) groups is 1. The molecule has 0 aliphatic rings. The van der Waals surface area contributed by atoms with Gasteiger partial charge in [0.25, 0.3) is 0 Å². The van der Waals surface area contributed by atoms with Gasteiger partial charge in [-0.05, 0) is 42.8 Å². The first-order valence-corrected chi connectivity index (χ1v) is 12.1. The fourth-order valence-electron chi connectivity index (χ4n) is 3.98. The Morgan fingerprint density at radius 3 is 2.72 bits per heavy atom. The van der Waals surface area contributed by atoms with Crippen molar-refractivity contribution in [1.82, 2.24) is 29.5 Å². The summed E-state index contributed by atoms with van der Waals surface area (Å²) in [5, 5.41) is 16.1. The topological polar surface area (TPSA) is 85.8 Å². The molecule has 0 atom stereocenters. The van der Waals surface area contributed by atoms with Crippen molar-refractivity contribution in [3.8, 4) is 17.0 Å². The Kier molecular flexibility index (Phi) is 6.88. The predicted molar refractivity (Wildman–Crippen MR) is 134 cm³/mol. The number of nitrogens with one attached hydrogen (secondary N) is 1. The van der Waals surface area contributed by atoms with E-state index >= 15 is 0 Å². The maximum atomic E-state index is 13.8. The lowest BCUT2D eigenvalue weighted by atomic mass is 10.1. The number of hydrogen-bond acceptors (Lipinski definition) is 5. The van der Waals surface area contributed by atoms with E-state index in [1.54, 1.807) is 22.7 Å². The second-order valence-corrected chi connectivity index (χ2v) is 8.56. The number of amides is 1. The number of fused-ring (bicyclic) bond motifs is 3. The van der Waals surface area contributed by atoms with E-state index in [2.05, 4.69) is 27.5 Å². The predicted octanol–water partition coefficient (Wildman–Crippen LogP) is 4.61. The zero-order chi connectivity index (χ0) is 24.9. The standard InChI is InChI=1S/C27H27FN6O2/c1-2-3-16-36-21-10-8-19(9-11-21)23-17-24-27-31-30-25(33(27)14-15-34(24)32-23)12-13-26(35)29-18-20-6-4-5-7-22(20)28/h4-11,14-15,17H,2-3,12-13,16,18H2,1H3,(H,29,35). The molecule has 0 spiro atoms. The summed E-state index contributed by atoms with van der Waals surface area (Å²) in [5.74, 6) is 1.01. The largest absolute Gasteiger partial charge is 0.494 e. The first kappa shape index (κ1) is 23.5. The van der Waals surface area contributed by atoms with E-state index in [4.69, 9.17) is 4.74 Å². The van der Waals surface area contributed by atoms with Crippen LogP contribution in [-0.2, 0) is 17.8 Å². The molecule has 3 aromatic heterocycles. The van der Waals surface area contributed by atoms with E-state index in [0.717, 1.165) is 35.4 Å². The SMILES string of the molecule is CCCCOc1ccc(-c2cc3c4nnc(CCC(=O)NCc5ccccc5F)n4ccn3n2)cc1. The minimum atomic E-state index is -0.332. The molecular weight excluding hydrogens is 459 g/mol. The number of benzene rings is 2. The van der Waals surface area contributed by atoms with E-state index in [0.29, 0.717) is 30.1 Å². The van der Waals surface area contributed by atoms with Gasteiger partial charge in [0.1, 0.15) is 22.9 Å². The Morgan fingerprint density at radius 1 is 1.08 bits per heavy atom. The summed E-state index contributed by atoms with van der Waals surface area (Å²) in [6, 6.07) is 16.3. The molecule has 0 radical (unpaired) electrons. The van der Waals surface area contributed by atoms with Gasteiger partial charge in [0.2, 0.25) is 5.91 Å². The van der Waals surface area contributed by atoms with Gasteiger partial charge in [0, 0.05) is 42.9 Å². The molecule has 5 rings (SSSR count). The van der Waals surface area contributed by atoms with Crippen LogP contribution in [0.15, 0.2) is 67.0 Å². The lowest BCUT2D eigenvalue weighted by Gasteiger charge is -2.06. The molecule has 3 heterocycles. The van der Waals surface area contributed by atoms with E-state index < -0.39 is 0 Å². The Morgan fingerprint density at radius 2 is 1.92 bits per heavy atom. The van der Waals surface area contributed by atoms with Crippen molar-refractivity contribution < 1.29 is 13.9 Å². The highest BCUT2D eigenvalue weighted by Crippen LogP contribution is 2.24. The molecule has 184 valence electrons. The van der Waals surface area contributed by atoms with Gasteiger partial charge in [0.15, 0.2) is 5.65 Å². The maximum absolute atomic E-state index is 13.8. The van der Waals surface area contributed by atoms with Gasteiger partial charge in [0.05, 0.1) is 12.3 Å². The van der Waals surface area contributed by atoms with Crippen LogP contribution in [0.3, 0.4) is 0 Å². The summed E-state index contributed by atoms with van der Waals surface area (Å²) in [5.41, 5.74) is 3.73. The number of halogens is 1. The average Bonchev–Trinajstić information content (AvgIpc) is 3.52. The van der Waals surface area contributed by atoms with Gasteiger partial charge in [-0.2, -0.15) is 5.10 Å². The van der Waals surface area contributed by atoms with E-state index in [1.165, 1.54) is 6.07 Å². The molecule has 0 saturated heterocycles. The Hall–Kier alpha value is -4.27. The highest BCUT2D eigenvalue weighted by atomic mass is 19.1. The minimum absolute atomic E-state index is 0.150. The minimum Gasteiger partial charge on any atom is -0.494 e. The summed E-state index contributed by atoms with van der Waals surface area (Å²) in [6.07, 6.45) is 6.44. The zero-order valence-electron chi connectivity index (χ0n) is 20.0. The second-order valence-electron chi connectivity index (χ2n) is 8.56. The number of hydrogen-bond donors (Lipinski definition) is 1. The van der Waals surface area contributed by atoms with E-state index in [1.807, 2.05) is 47.1 Å². The van der Waals surface area contributed by atoms with Crippen LogP contribution in [-0.4, -0.2) is 36.7 Å².